The topological polar surface area (TPSA) is 92.4 Å². The number of sulfonamides is 1. The van der Waals surface area contributed by atoms with E-state index >= 15 is 0 Å². The van der Waals surface area contributed by atoms with Crippen LogP contribution in [0.4, 0.5) is 10.1 Å². The Hall–Kier alpha value is -0.890. The predicted octanol–water partition coefficient (Wildman–Crippen LogP) is 1.11. The Morgan fingerprint density at radius 3 is 2.74 bits per heavy atom. The van der Waals surface area contributed by atoms with Crippen molar-refractivity contribution in [2.24, 2.45) is 5.92 Å². The smallest absolute Gasteiger partial charge is 0.243 e. The van der Waals surface area contributed by atoms with Gasteiger partial charge in [-0.25, -0.2) is 17.5 Å². The summed E-state index contributed by atoms with van der Waals surface area (Å²) >= 11 is 5.55. The summed E-state index contributed by atoms with van der Waals surface area (Å²) in [5.41, 5.74) is 5.50. The molecule has 1 aromatic carbocycles. The molecule has 0 bridgehead atoms. The fourth-order valence-electron chi connectivity index (χ4n) is 1.70. The van der Waals surface area contributed by atoms with E-state index in [9.17, 15) is 17.9 Å². The molecule has 8 heteroatoms. The van der Waals surface area contributed by atoms with E-state index in [1.165, 1.54) is 0 Å². The van der Waals surface area contributed by atoms with E-state index in [1.54, 1.807) is 0 Å². The average Bonchev–Trinajstić information content (AvgIpc) is 3.14. The molecule has 1 aromatic rings. The van der Waals surface area contributed by atoms with Gasteiger partial charge in [0.2, 0.25) is 10.0 Å². The van der Waals surface area contributed by atoms with Gasteiger partial charge in [0.15, 0.2) is 5.82 Å². The highest BCUT2D eigenvalue weighted by atomic mass is 35.5. The highest BCUT2D eigenvalue weighted by Gasteiger charge is 2.31. The van der Waals surface area contributed by atoms with Gasteiger partial charge in [0, 0.05) is 12.2 Å². The SMILES string of the molecule is Nc1cc(Cl)c(F)c(S(=O)(=O)NCC(O)C2CC2)c1. The number of aliphatic hydroxyl groups is 1. The molecule has 19 heavy (non-hydrogen) atoms. The largest absolute Gasteiger partial charge is 0.399 e. The van der Waals surface area contributed by atoms with Gasteiger partial charge in [0.25, 0.3) is 0 Å². The Balaban J connectivity index is 2.19. The molecule has 1 aliphatic rings. The van der Waals surface area contributed by atoms with E-state index < -0.39 is 26.8 Å². The van der Waals surface area contributed by atoms with Gasteiger partial charge in [0.05, 0.1) is 11.1 Å². The van der Waals surface area contributed by atoms with Crippen LogP contribution in [0.3, 0.4) is 0 Å². The van der Waals surface area contributed by atoms with Crippen LogP contribution in [0.15, 0.2) is 17.0 Å². The summed E-state index contributed by atoms with van der Waals surface area (Å²) in [5, 5.41) is 9.25. The van der Waals surface area contributed by atoms with Crippen molar-refractivity contribution < 1.29 is 17.9 Å². The number of hydrogen-bond donors (Lipinski definition) is 3. The first-order chi connectivity index (χ1) is 8.81. The average molecular weight is 309 g/mol. The van der Waals surface area contributed by atoms with Crippen molar-refractivity contribution in [1.82, 2.24) is 4.72 Å². The Kier molecular flexibility index (Phi) is 4.00. The van der Waals surface area contributed by atoms with Crippen LogP contribution in [0.25, 0.3) is 0 Å². The van der Waals surface area contributed by atoms with Crippen LogP contribution >= 0.6 is 11.6 Å². The molecular formula is C11H14ClFN2O3S. The quantitative estimate of drug-likeness (QED) is 0.711. The van der Waals surface area contributed by atoms with Gasteiger partial charge in [0.1, 0.15) is 4.90 Å². The van der Waals surface area contributed by atoms with Crippen molar-refractivity contribution >= 4 is 27.3 Å². The van der Waals surface area contributed by atoms with E-state index in [4.69, 9.17) is 17.3 Å². The highest BCUT2D eigenvalue weighted by Crippen LogP contribution is 2.32. The lowest BCUT2D eigenvalue weighted by Crippen LogP contribution is -2.33. The van der Waals surface area contributed by atoms with Gasteiger partial charge in [-0.15, -0.1) is 0 Å². The molecule has 0 aromatic heterocycles. The first-order valence-electron chi connectivity index (χ1n) is 5.73. The summed E-state index contributed by atoms with van der Waals surface area (Å²) in [5.74, 6) is -0.929. The fourth-order valence-corrected chi connectivity index (χ4v) is 3.17. The molecule has 1 unspecified atom stereocenters. The molecule has 5 nitrogen and oxygen atoms in total. The van der Waals surface area contributed by atoms with E-state index in [0.717, 1.165) is 25.0 Å². The second kappa shape index (κ2) is 5.24. The Morgan fingerprint density at radius 2 is 2.16 bits per heavy atom. The highest BCUT2D eigenvalue weighted by molar-refractivity contribution is 7.89. The number of hydrogen-bond acceptors (Lipinski definition) is 4. The number of rotatable bonds is 5. The molecule has 0 spiro atoms. The van der Waals surface area contributed by atoms with Crippen LogP contribution in [-0.4, -0.2) is 26.2 Å². The summed E-state index contributed by atoms with van der Waals surface area (Å²) in [7, 11) is -4.09. The van der Waals surface area contributed by atoms with Gasteiger partial charge < -0.3 is 10.8 Å². The standard InChI is InChI=1S/C11H14ClFN2O3S/c12-8-3-7(14)4-10(11(8)13)19(17,18)15-5-9(16)6-1-2-6/h3-4,6,9,15-16H,1-2,5,14H2. The molecule has 106 valence electrons. The summed E-state index contributed by atoms with van der Waals surface area (Å²) in [6.07, 6.45) is 0.998. The molecule has 0 radical (unpaired) electrons. The summed E-state index contributed by atoms with van der Waals surface area (Å²) in [6, 6.07) is 2.13. The maximum absolute atomic E-state index is 13.7. The maximum atomic E-state index is 13.7. The lowest BCUT2D eigenvalue weighted by Gasteiger charge is -2.12. The Morgan fingerprint density at radius 1 is 1.53 bits per heavy atom. The first kappa shape index (κ1) is 14.5. The number of nitrogen functional groups attached to an aromatic ring is 1. The molecule has 0 amide bonds. The number of halogens is 2. The first-order valence-corrected chi connectivity index (χ1v) is 7.59. The number of nitrogens with one attached hydrogen (secondary N) is 1. The summed E-state index contributed by atoms with van der Waals surface area (Å²) < 4.78 is 39.7. The monoisotopic (exact) mass is 308 g/mol. The van der Waals surface area contributed by atoms with Gasteiger partial charge in [-0.05, 0) is 30.9 Å². The minimum Gasteiger partial charge on any atom is -0.399 e. The Labute approximate surface area is 115 Å². The second-order valence-corrected chi connectivity index (χ2v) is 6.71. The van der Waals surface area contributed by atoms with E-state index in [2.05, 4.69) is 4.72 Å². The van der Waals surface area contributed by atoms with Crippen LogP contribution in [0, 0.1) is 11.7 Å². The van der Waals surface area contributed by atoms with Crippen molar-refractivity contribution in [3.63, 3.8) is 0 Å². The second-order valence-electron chi connectivity index (χ2n) is 4.57. The van der Waals surface area contributed by atoms with E-state index in [1.807, 2.05) is 0 Å². The van der Waals surface area contributed by atoms with Crippen LogP contribution in [0.2, 0.25) is 5.02 Å². The maximum Gasteiger partial charge on any atom is 0.243 e. The van der Waals surface area contributed by atoms with Crippen LogP contribution in [0.5, 0.6) is 0 Å². The summed E-state index contributed by atoms with van der Waals surface area (Å²) in [4.78, 5) is -0.611. The molecule has 0 heterocycles. The zero-order valence-electron chi connectivity index (χ0n) is 9.94. The third-order valence-electron chi connectivity index (χ3n) is 2.96. The fraction of sp³-hybridized carbons (Fsp3) is 0.455. The molecular weight excluding hydrogens is 295 g/mol. The van der Waals surface area contributed by atoms with Gasteiger partial charge in [-0.2, -0.15) is 0 Å². The van der Waals surface area contributed by atoms with Gasteiger partial charge in [-0.3, -0.25) is 0 Å². The minimum absolute atomic E-state index is 0.0505. The van der Waals surface area contributed by atoms with Crippen molar-refractivity contribution in [2.75, 3.05) is 12.3 Å². The van der Waals surface area contributed by atoms with Gasteiger partial charge >= 0.3 is 0 Å². The number of anilines is 1. The lowest BCUT2D eigenvalue weighted by atomic mass is 10.2. The van der Waals surface area contributed by atoms with Crippen LogP contribution in [-0.2, 0) is 10.0 Å². The van der Waals surface area contributed by atoms with E-state index in [0.29, 0.717) is 0 Å². The van der Waals surface area contributed by atoms with Crippen molar-refractivity contribution in [3.05, 3.63) is 23.0 Å². The minimum atomic E-state index is -4.09. The molecule has 1 saturated carbocycles. The zero-order chi connectivity index (χ0) is 14.2. The van der Waals surface area contributed by atoms with Crippen molar-refractivity contribution in [2.45, 2.75) is 23.8 Å². The normalized spacial score (nSPS) is 17.4. The number of nitrogens with two attached hydrogens (primary N) is 1. The third kappa shape index (κ3) is 3.36. The Bertz CT molecular complexity index is 590. The molecule has 2 rings (SSSR count). The van der Waals surface area contributed by atoms with E-state index in [-0.39, 0.29) is 23.2 Å². The van der Waals surface area contributed by atoms with Crippen molar-refractivity contribution in [3.8, 4) is 0 Å². The van der Waals surface area contributed by atoms with Crippen LogP contribution in [0.1, 0.15) is 12.8 Å². The number of aliphatic hydroxyl groups excluding tert-OH is 1. The molecule has 0 aliphatic heterocycles. The van der Waals surface area contributed by atoms with Crippen LogP contribution < -0.4 is 10.5 Å². The molecule has 1 fully saturated rings. The molecule has 0 saturated heterocycles. The van der Waals surface area contributed by atoms with Gasteiger partial charge in [-0.1, -0.05) is 11.6 Å². The molecule has 4 N–H and O–H groups in total. The predicted molar refractivity (Wildman–Crippen MR) is 69.7 cm³/mol. The summed E-state index contributed by atoms with van der Waals surface area (Å²) in [6.45, 7) is -0.154. The molecule has 1 atom stereocenters. The lowest BCUT2D eigenvalue weighted by molar-refractivity contribution is 0.155. The zero-order valence-corrected chi connectivity index (χ0v) is 11.5. The number of benzene rings is 1. The third-order valence-corrected chi connectivity index (χ3v) is 4.65. The molecule has 1 aliphatic carbocycles. The van der Waals surface area contributed by atoms with Crippen molar-refractivity contribution in [1.29, 1.82) is 0 Å².